The Bertz CT molecular complexity index is 595. The molecule has 0 bridgehead atoms. The number of rotatable bonds is 4. The van der Waals surface area contributed by atoms with Crippen LogP contribution in [-0.2, 0) is 6.54 Å². The molecule has 0 saturated carbocycles. The molecule has 0 aliphatic heterocycles. The standard InChI is InChI=1S/C13H15Cl2N5/c1-8(11-3-2-9(14)6-12(11)15)19-13(16)17-7-10-4-5-18-20-10/h2-6,8H,7H2,1H3,(H,18,20)(H3,16,17,19). The minimum atomic E-state index is -0.0646. The second kappa shape index (κ2) is 6.63. The third-order valence-electron chi connectivity index (χ3n) is 2.77. The predicted molar refractivity (Wildman–Crippen MR) is 81.9 cm³/mol. The normalized spacial score (nSPS) is 13.2. The second-order valence-electron chi connectivity index (χ2n) is 4.32. The zero-order valence-corrected chi connectivity index (χ0v) is 12.4. The van der Waals surface area contributed by atoms with Gasteiger partial charge in [0.1, 0.15) is 0 Å². The maximum atomic E-state index is 6.15. The summed E-state index contributed by atoms with van der Waals surface area (Å²) >= 11 is 12.0. The van der Waals surface area contributed by atoms with Gasteiger partial charge in [0.15, 0.2) is 5.96 Å². The van der Waals surface area contributed by atoms with Crippen LogP contribution in [-0.4, -0.2) is 16.2 Å². The summed E-state index contributed by atoms with van der Waals surface area (Å²) in [5, 5.41) is 10.9. The summed E-state index contributed by atoms with van der Waals surface area (Å²) in [7, 11) is 0. The Hall–Kier alpha value is -1.72. The Morgan fingerprint density at radius 3 is 2.90 bits per heavy atom. The number of aliphatic imine (C=N–C) groups is 1. The Balaban J connectivity index is 1.99. The van der Waals surface area contributed by atoms with E-state index in [1.54, 1.807) is 18.3 Å². The van der Waals surface area contributed by atoms with Crippen molar-refractivity contribution in [3.63, 3.8) is 0 Å². The maximum Gasteiger partial charge on any atom is 0.189 e. The van der Waals surface area contributed by atoms with Gasteiger partial charge in [-0.15, -0.1) is 0 Å². The molecule has 1 aromatic carbocycles. The van der Waals surface area contributed by atoms with Gasteiger partial charge in [-0.2, -0.15) is 5.10 Å². The van der Waals surface area contributed by atoms with Gasteiger partial charge in [-0.1, -0.05) is 29.3 Å². The number of halogens is 2. The summed E-state index contributed by atoms with van der Waals surface area (Å²) in [6, 6.07) is 7.14. The van der Waals surface area contributed by atoms with Crippen LogP contribution in [0.25, 0.3) is 0 Å². The quantitative estimate of drug-likeness (QED) is 0.600. The largest absolute Gasteiger partial charge is 0.370 e. The number of nitrogens with zero attached hydrogens (tertiary/aromatic N) is 2. The van der Waals surface area contributed by atoms with E-state index < -0.39 is 0 Å². The van der Waals surface area contributed by atoms with E-state index in [0.717, 1.165) is 11.3 Å². The molecule has 0 fully saturated rings. The van der Waals surface area contributed by atoms with E-state index in [4.69, 9.17) is 28.9 Å². The minimum Gasteiger partial charge on any atom is -0.370 e. The molecular formula is C13H15Cl2N5. The highest BCUT2D eigenvalue weighted by Crippen LogP contribution is 2.25. The summed E-state index contributed by atoms with van der Waals surface area (Å²) in [4.78, 5) is 4.22. The number of nitrogens with two attached hydrogens (primary N) is 1. The maximum absolute atomic E-state index is 6.15. The molecule has 4 N–H and O–H groups in total. The van der Waals surface area contributed by atoms with Crippen LogP contribution in [0, 0.1) is 0 Å². The number of aromatic amines is 1. The molecule has 0 aliphatic carbocycles. The molecule has 7 heteroatoms. The van der Waals surface area contributed by atoms with Gasteiger partial charge in [-0.05, 0) is 30.7 Å². The van der Waals surface area contributed by atoms with Crippen LogP contribution in [0.15, 0.2) is 35.5 Å². The number of guanidine groups is 1. The molecule has 2 aromatic rings. The molecule has 1 aromatic heterocycles. The van der Waals surface area contributed by atoms with Gasteiger partial charge in [0.2, 0.25) is 0 Å². The average molecular weight is 312 g/mol. The van der Waals surface area contributed by atoms with Crippen molar-refractivity contribution in [1.82, 2.24) is 15.5 Å². The number of benzene rings is 1. The molecule has 0 aliphatic rings. The van der Waals surface area contributed by atoms with Crippen LogP contribution in [0.3, 0.4) is 0 Å². The molecule has 2 rings (SSSR count). The zero-order valence-electron chi connectivity index (χ0n) is 10.9. The van der Waals surface area contributed by atoms with Gasteiger partial charge < -0.3 is 11.1 Å². The molecular weight excluding hydrogens is 297 g/mol. The van der Waals surface area contributed by atoms with Crippen LogP contribution in [0.5, 0.6) is 0 Å². The molecule has 1 heterocycles. The smallest absolute Gasteiger partial charge is 0.189 e. The number of H-pyrrole nitrogens is 1. The summed E-state index contributed by atoms with van der Waals surface area (Å²) in [6.07, 6.45) is 1.67. The lowest BCUT2D eigenvalue weighted by atomic mass is 10.1. The first-order valence-corrected chi connectivity index (χ1v) is 6.81. The van der Waals surface area contributed by atoms with Gasteiger partial charge in [0, 0.05) is 16.2 Å². The highest BCUT2D eigenvalue weighted by molar-refractivity contribution is 6.35. The Labute approximate surface area is 127 Å². The van der Waals surface area contributed by atoms with Gasteiger partial charge in [0.25, 0.3) is 0 Å². The van der Waals surface area contributed by atoms with Crippen LogP contribution in [0.1, 0.15) is 24.2 Å². The third kappa shape index (κ3) is 3.88. The Morgan fingerprint density at radius 2 is 2.25 bits per heavy atom. The second-order valence-corrected chi connectivity index (χ2v) is 5.16. The van der Waals surface area contributed by atoms with Crippen LogP contribution in [0.4, 0.5) is 0 Å². The number of nitrogens with one attached hydrogen (secondary N) is 2. The van der Waals surface area contributed by atoms with Gasteiger partial charge in [-0.3, -0.25) is 5.10 Å². The first-order valence-electron chi connectivity index (χ1n) is 6.06. The fourth-order valence-electron chi connectivity index (χ4n) is 1.74. The van der Waals surface area contributed by atoms with Crippen molar-refractivity contribution in [2.75, 3.05) is 0 Å². The number of hydrogen-bond acceptors (Lipinski definition) is 2. The fraction of sp³-hybridized carbons (Fsp3) is 0.231. The van der Waals surface area contributed by atoms with E-state index in [0.29, 0.717) is 22.5 Å². The fourth-order valence-corrected chi connectivity index (χ4v) is 2.31. The predicted octanol–water partition coefficient (Wildman–Crippen LogP) is 2.88. The highest BCUT2D eigenvalue weighted by atomic mass is 35.5. The van der Waals surface area contributed by atoms with Gasteiger partial charge in [-0.25, -0.2) is 4.99 Å². The van der Waals surface area contributed by atoms with E-state index >= 15 is 0 Å². The molecule has 0 spiro atoms. The first-order chi connectivity index (χ1) is 9.56. The molecule has 0 amide bonds. The Kier molecular flexibility index (Phi) is 4.87. The highest BCUT2D eigenvalue weighted by Gasteiger charge is 2.10. The van der Waals surface area contributed by atoms with Crippen LogP contribution < -0.4 is 11.1 Å². The lowest BCUT2D eigenvalue weighted by Gasteiger charge is -2.16. The van der Waals surface area contributed by atoms with E-state index in [1.807, 2.05) is 19.1 Å². The van der Waals surface area contributed by atoms with E-state index in [9.17, 15) is 0 Å². The molecule has 0 radical (unpaired) electrons. The van der Waals surface area contributed by atoms with E-state index in [1.165, 1.54) is 0 Å². The summed E-state index contributed by atoms with van der Waals surface area (Å²) in [5.41, 5.74) is 7.65. The molecule has 106 valence electrons. The number of aromatic nitrogens is 2. The van der Waals surface area contributed by atoms with Crippen LogP contribution in [0.2, 0.25) is 10.0 Å². The lowest BCUT2D eigenvalue weighted by molar-refractivity contribution is 0.707. The average Bonchev–Trinajstić information content (AvgIpc) is 2.89. The first kappa shape index (κ1) is 14.7. The minimum absolute atomic E-state index is 0.0646. The van der Waals surface area contributed by atoms with E-state index in [-0.39, 0.29) is 6.04 Å². The molecule has 1 atom stereocenters. The van der Waals surface area contributed by atoms with Gasteiger partial charge >= 0.3 is 0 Å². The third-order valence-corrected chi connectivity index (χ3v) is 3.33. The molecule has 1 unspecified atom stereocenters. The van der Waals surface area contributed by atoms with Crippen molar-refractivity contribution in [3.05, 3.63) is 51.8 Å². The monoisotopic (exact) mass is 311 g/mol. The number of hydrogen-bond donors (Lipinski definition) is 3. The lowest BCUT2D eigenvalue weighted by Crippen LogP contribution is -2.34. The van der Waals surface area contributed by atoms with Gasteiger partial charge in [0.05, 0.1) is 18.3 Å². The van der Waals surface area contributed by atoms with Crippen molar-refractivity contribution in [2.24, 2.45) is 10.7 Å². The van der Waals surface area contributed by atoms with Crippen LogP contribution >= 0.6 is 23.2 Å². The molecule has 20 heavy (non-hydrogen) atoms. The summed E-state index contributed by atoms with van der Waals surface area (Å²) in [5.74, 6) is 0.345. The van der Waals surface area contributed by atoms with Crippen molar-refractivity contribution < 1.29 is 0 Å². The topological polar surface area (TPSA) is 79.1 Å². The van der Waals surface area contributed by atoms with Crippen molar-refractivity contribution in [3.8, 4) is 0 Å². The molecule has 5 nitrogen and oxygen atoms in total. The van der Waals surface area contributed by atoms with Crippen molar-refractivity contribution in [2.45, 2.75) is 19.5 Å². The molecule has 0 saturated heterocycles. The zero-order chi connectivity index (χ0) is 14.5. The summed E-state index contributed by atoms with van der Waals surface area (Å²) < 4.78 is 0. The SMILES string of the molecule is CC(NC(N)=NCc1ccn[nH]1)c1ccc(Cl)cc1Cl. The van der Waals surface area contributed by atoms with Crippen molar-refractivity contribution >= 4 is 29.2 Å². The van der Waals surface area contributed by atoms with Crippen molar-refractivity contribution in [1.29, 1.82) is 0 Å². The Morgan fingerprint density at radius 1 is 1.45 bits per heavy atom. The van der Waals surface area contributed by atoms with E-state index in [2.05, 4.69) is 20.5 Å². The summed E-state index contributed by atoms with van der Waals surface area (Å²) in [6.45, 7) is 2.40.